The highest BCUT2D eigenvalue weighted by Crippen LogP contribution is 2.25. The van der Waals surface area contributed by atoms with Crippen LogP contribution in [0.1, 0.15) is 27.9 Å². The Kier molecular flexibility index (Phi) is 4.55. The van der Waals surface area contributed by atoms with Crippen molar-refractivity contribution in [1.29, 1.82) is 0 Å². The lowest BCUT2D eigenvalue weighted by Crippen LogP contribution is -2.46. The highest BCUT2D eigenvalue weighted by Gasteiger charge is 2.24. The van der Waals surface area contributed by atoms with Crippen LogP contribution in [-0.2, 0) is 13.0 Å². The fourth-order valence-corrected chi connectivity index (χ4v) is 3.75. The zero-order chi connectivity index (χ0) is 18.1. The number of nitrogens with zero attached hydrogens (tertiary/aromatic N) is 2. The zero-order valence-electron chi connectivity index (χ0n) is 14.4. The van der Waals surface area contributed by atoms with E-state index in [1.165, 1.54) is 5.56 Å². The lowest BCUT2D eigenvalue weighted by atomic mass is 9.99. The van der Waals surface area contributed by atoms with Gasteiger partial charge in [-0.15, -0.1) is 0 Å². The Morgan fingerprint density at radius 3 is 2.81 bits per heavy atom. The monoisotopic (exact) mass is 369 g/mol. The Balaban J connectivity index is 1.54. The normalized spacial score (nSPS) is 16.9. The minimum Gasteiger partial charge on any atom is -0.338 e. The van der Waals surface area contributed by atoms with E-state index < -0.39 is 0 Å². The van der Waals surface area contributed by atoms with Crippen LogP contribution in [0.2, 0.25) is 5.02 Å². The predicted octanol–water partition coefficient (Wildman–Crippen LogP) is 3.46. The summed E-state index contributed by atoms with van der Waals surface area (Å²) in [6.07, 6.45) is 1.70. The molecule has 2 aromatic rings. The number of urea groups is 1. The number of anilines is 1. The molecule has 26 heavy (non-hydrogen) atoms. The van der Waals surface area contributed by atoms with Crippen molar-refractivity contribution in [1.82, 2.24) is 10.2 Å². The molecule has 0 atom stereocenters. The van der Waals surface area contributed by atoms with Gasteiger partial charge in [0.15, 0.2) is 0 Å². The van der Waals surface area contributed by atoms with Gasteiger partial charge < -0.3 is 10.2 Å². The molecule has 1 fully saturated rings. The van der Waals surface area contributed by atoms with E-state index in [1.807, 2.05) is 47.4 Å². The number of hydrogen-bond acceptors (Lipinski definition) is 2. The first kappa shape index (κ1) is 16.9. The Labute approximate surface area is 157 Å². The van der Waals surface area contributed by atoms with Gasteiger partial charge in [0.1, 0.15) is 0 Å². The van der Waals surface area contributed by atoms with Crippen LogP contribution < -0.4 is 10.2 Å². The summed E-state index contributed by atoms with van der Waals surface area (Å²) < 4.78 is 0. The third-order valence-corrected chi connectivity index (χ3v) is 5.19. The van der Waals surface area contributed by atoms with Gasteiger partial charge in [-0.05, 0) is 54.3 Å². The van der Waals surface area contributed by atoms with E-state index >= 15 is 0 Å². The molecule has 134 valence electrons. The van der Waals surface area contributed by atoms with Gasteiger partial charge >= 0.3 is 6.03 Å². The van der Waals surface area contributed by atoms with Gasteiger partial charge in [0.05, 0.1) is 0 Å². The molecule has 4 rings (SSSR count). The largest absolute Gasteiger partial charge is 0.338 e. The molecule has 2 heterocycles. The van der Waals surface area contributed by atoms with Gasteiger partial charge in [0.25, 0.3) is 5.91 Å². The standard InChI is InChI=1S/C20H20ClN3O2/c21-17-6-5-16-13-23(10-7-14(16)11-17)19(25)15-3-1-4-18(12-15)24-9-2-8-22-20(24)26/h1,3-6,11-12H,2,7-10,13H2,(H,22,26). The molecule has 5 nitrogen and oxygen atoms in total. The molecule has 0 unspecified atom stereocenters. The second-order valence-electron chi connectivity index (χ2n) is 6.68. The van der Waals surface area contributed by atoms with Crippen LogP contribution in [0, 0.1) is 0 Å². The quantitative estimate of drug-likeness (QED) is 0.881. The summed E-state index contributed by atoms with van der Waals surface area (Å²) >= 11 is 6.06. The lowest BCUT2D eigenvalue weighted by molar-refractivity contribution is 0.0734. The third kappa shape index (κ3) is 3.27. The van der Waals surface area contributed by atoms with Crippen LogP contribution in [0.3, 0.4) is 0 Å². The Morgan fingerprint density at radius 2 is 1.96 bits per heavy atom. The second-order valence-corrected chi connectivity index (χ2v) is 7.11. The van der Waals surface area contributed by atoms with E-state index in [4.69, 9.17) is 11.6 Å². The fourth-order valence-electron chi connectivity index (χ4n) is 3.56. The van der Waals surface area contributed by atoms with Crippen molar-refractivity contribution in [2.45, 2.75) is 19.4 Å². The number of fused-ring (bicyclic) bond motifs is 1. The number of hydrogen-bond donors (Lipinski definition) is 1. The maximum absolute atomic E-state index is 13.0. The highest BCUT2D eigenvalue weighted by molar-refractivity contribution is 6.30. The molecule has 0 aromatic heterocycles. The highest BCUT2D eigenvalue weighted by atomic mass is 35.5. The number of rotatable bonds is 2. The summed E-state index contributed by atoms with van der Waals surface area (Å²) in [6.45, 7) is 2.62. The van der Waals surface area contributed by atoms with Crippen LogP contribution in [-0.4, -0.2) is 36.5 Å². The number of carbonyl (C=O) groups is 2. The Morgan fingerprint density at radius 1 is 1.08 bits per heavy atom. The molecule has 0 saturated carbocycles. The van der Waals surface area contributed by atoms with Gasteiger partial charge in [0, 0.05) is 42.5 Å². The molecule has 6 heteroatoms. The number of halogens is 1. The molecule has 0 bridgehead atoms. The molecule has 1 N–H and O–H groups in total. The average Bonchev–Trinajstić information content (AvgIpc) is 2.67. The van der Waals surface area contributed by atoms with Gasteiger partial charge in [-0.25, -0.2) is 4.79 Å². The molecule has 3 amide bonds. The summed E-state index contributed by atoms with van der Waals surface area (Å²) in [4.78, 5) is 28.6. The third-order valence-electron chi connectivity index (χ3n) is 4.95. The van der Waals surface area contributed by atoms with E-state index in [0.717, 1.165) is 29.1 Å². The van der Waals surface area contributed by atoms with E-state index in [2.05, 4.69) is 5.32 Å². The maximum atomic E-state index is 13.0. The van der Waals surface area contributed by atoms with Crippen molar-refractivity contribution in [3.8, 4) is 0 Å². The molecule has 2 aromatic carbocycles. The van der Waals surface area contributed by atoms with Crippen molar-refractivity contribution in [3.63, 3.8) is 0 Å². The smallest absolute Gasteiger partial charge is 0.321 e. The van der Waals surface area contributed by atoms with E-state index in [1.54, 1.807) is 4.90 Å². The number of nitrogens with one attached hydrogen (secondary N) is 1. The minimum atomic E-state index is -0.107. The Bertz CT molecular complexity index is 868. The minimum absolute atomic E-state index is 0.00938. The van der Waals surface area contributed by atoms with Gasteiger partial charge in [-0.1, -0.05) is 23.7 Å². The van der Waals surface area contributed by atoms with Crippen LogP contribution in [0.5, 0.6) is 0 Å². The predicted molar refractivity (Wildman–Crippen MR) is 102 cm³/mol. The first-order valence-corrected chi connectivity index (χ1v) is 9.21. The molecule has 2 aliphatic heterocycles. The first-order valence-electron chi connectivity index (χ1n) is 8.84. The first-order chi connectivity index (χ1) is 12.6. The van der Waals surface area contributed by atoms with Crippen LogP contribution in [0.15, 0.2) is 42.5 Å². The van der Waals surface area contributed by atoms with Crippen molar-refractivity contribution in [3.05, 3.63) is 64.2 Å². The molecule has 2 aliphatic rings. The molecule has 0 aliphatic carbocycles. The summed E-state index contributed by atoms with van der Waals surface area (Å²) in [6, 6.07) is 13.1. The topological polar surface area (TPSA) is 52.7 Å². The van der Waals surface area contributed by atoms with Gasteiger partial charge in [-0.3, -0.25) is 9.69 Å². The summed E-state index contributed by atoms with van der Waals surface area (Å²) in [5.41, 5.74) is 3.72. The molecule has 0 radical (unpaired) electrons. The molecule has 0 spiro atoms. The molecular formula is C20H20ClN3O2. The zero-order valence-corrected chi connectivity index (χ0v) is 15.1. The van der Waals surface area contributed by atoms with Crippen LogP contribution in [0.25, 0.3) is 0 Å². The molecular weight excluding hydrogens is 350 g/mol. The Hall–Kier alpha value is -2.53. The number of benzene rings is 2. The van der Waals surface area contributed by atoms with Crippen molar-refractivity contribution in [2.24, 2.45) is 0 Å². The summed E-state index contributed by atoms with van der Waals surface area (Å²) in [7, 11) is 0. The van der Waals surface area contributed by atoms with Gasteiger partial charge in [-0.2, -0.15) is 0 Å². The molecule has 1 saturated heterocycles. The van der Waals surface area contributed by atoms with E-state index in [-0.39, 0.29) is 11.9 Å². The maximum Gasteiger partial charge on any atom is 0.321 e. The van der Waals surface area contributed by atoms with Crippen LogP contribution in [0.4, 0.5) is 10.5 Å². The number of carbonyl (C=O) groups excluding carboxylic acids is 2. The fraction of sp³-hybridized carbons (Fsp3) is 0.300. The summed E-state index contributed by atoms with van der Waals surface area (Å²) in [5, 5.41) is 3.57. The second kappa shape index (κ2) is 7.00. The van der Waals surface area contributed by atoms with E-state index in [9.17, 15) is 9.59 Å². The van der Waals surface area contributed by atoms with Crippen molar-refractivity contribution >= 4 is 29.2 Å². The average molecular weight is 370 g/mol. The number of amides is 3. The van der Waals surface area contributed by atoms with Crippen molar-refractivity contribution < 1.29 is 9.59 Å². The van der Waals surface area contributed by atoms with E-state index in [0.29, 0.717) is 31.7 Å². The SMILES string of the molecule is O=C(c1cccc(N2CCCNC2=O)c1)N1CCc2cc(Cl)ccc2C1. The summed E-state index contributed by atoms with van der Waals surface area (Å²) in [5.74, 6) is -0.00938. The van der Waals surface area contributed by atoms with Gasteiger partial charge in [0.2, 0.25) is 0 Å². The van der Waals surface area contributed by atoms with Crippen molar-refractivity contribution in [2.75, 3.05) is 24.5 Å². The van der Waals surface area contributed by atoms with Crippen LogP contribution >= 0.6 is 11.6 Å². The lowest BCUT2D eigenvalue weighted by Gasteiger charge is -2.30.